The minimum atomic E-state index is 0.0469. The van der Waals surface area contributed by atoms with E-state index < -0.39 is 0 Å². The zero-order valence-corrected chi connectivity index (χ0v) is 8.20. The normalized spacial score (nSPS) is 12.4. The molecule has 1 atom stereocenters. The summed E-state index contributed by atoms with van der Waals surface area (Å²) in [6.07, 6.45) is 4.35. The highest BCUT2D eigenvalue weighted by molar-refractivity contribution is 4.75. The number of hydrogen-bond acceptors (Lipinski definition) is 3. The molecule has 0 aromatic rings. The molecule has 0 saturated carbocycles. The molecule has 13 heavy (non-hydrogen) atoms. The molecule has 0 aliphatic heterocycles. The van der Waals surface area contributed by atoms with Crippen LogP contribution in [0.1, 0.15) is 6.42 Å². The predicted octanol–water partition coefficient (Wildman–Crippen LogP) is 1.75. The van der Waals surface area contributed by atoms with Crippen LogP contribution in [0.3, 0.4) is 0 Å². The van der Waals surface area contributed by atoms with Crippen molar-refractivity contribution in [1.82, 2.24) is 0 Å². The standard InChI is InChI=1S/C10H18O3/c1-4-6-10(13-7-5-2)8-12-9-11-3/h4-5,10H,1-2,6-9H2,3H3/t10-/m0/s1. The fraction of sp³-hybridized carbons (Fsp3) is 0.600. The third-order valence-corrected chi connectivity index (χ3v) is 1.38. The number of hydrogen-bond donors (Lipinski definition) is 0. The Kier molecular flexibility index (Phi) is 8.98. The SMILES string of the molecule is C=CCO[C@@H](CC=C)COCOC. The Morgan fingerprint density at radius 1 is 1.31 bits per heavy atom. The van der Waals surface area contributed by atoms with Crippen LogP contribution in [-0.2, 0) is 14.2 Å². The summed E-state index contributed by atoms with van der Waals surface area (Å²) < 4.78 is 15.3. The lowest BCUT2D eigenvalue weighted by molar-refractivity contribution is -0.0741. The molecule has 3 nitrogen and oxygen atoms in total. The Bertz CT molecular complexity index is 134. The molecule has 0 amide bonds. The van der Waals surface area contributed by atoms with E-state index in [1.807, 2.05) is 6.08 Å². The van der Waals surface area contributed by atoms with Crippen molar-refractivity contribution in [2.45, 2.75) is 12.5 Å². The van der Waals surface area contributed by atoms with Crippen LogP contribution in [0.2, 0.25) is 0 Å². The van der Waals surface area contributed by atoms with Crippen molar-refractivity contribution in [3.8, 4) is 0 Å². The first kappa shape index (κ1) is 12.4. The molecule has 0 bridgehead atoms. The van der Waals surface area contributed by atoms with Crippen LogP contribution in [0.5, 0.6) is 0 Å². The summed E-state index contributed by atoms with van der Waals surface area (Å²) in [5, 5.41) is 0. The molecule has 0 unspecified atom stereocenters. The Morgan fingerprint density at radius 2 is 2.08 bits per heavy atom. The molecule has 0 aromatic carbocycles. The summed E-state index contributed by atoms with van der Waals surface area (Å²) in [6, 6.07) is 0. The van der Waals surface area contributed by atoms with E-state index in [0.717, 1.165) is 6.42 Å². The van der Waals surface area contributed by atoms with Gasteiger partial charge in [0.15, 0.2) is 0 Å². The lowest BCUT2D eigenvalue weighted by Gasteiger charge is -2.14. The monoisotopic (exact) mass is 186 g/mol. The van der Waals surface area contributed by atoms with Gasteiger partial charge in [0, 0.05) is 7.11 Å². The number of rotatable bonds is 9. The van der Waals surface area contributed by atoms with E-state index in [1.165, 1.54) is 0 Å². The van der Waals surface area contributed by atoms with Crippen LogP contribution in [0.4, 0.5) is 0 Å². The maximum atomic E-state index is 5.41. The van der Waals surface area contributed by atoms with E-state index in [9.17, 15) is 0 Å². The van der Waals surface area contributed by atoms with Gasteiger partial charge in [-0.15, -0.1) is 13.2 Å². The summed E-state index contributed by atoms with van der Waals surface area (Å²) in [5.41, 5.74) is 0. The number of ether oxygens (including phenoxy) is 3. The third kappa shape index (κ3) is 7.71. The summed E-state index contributed by atoms with van der Waals surface area (Å²) in [6.45, 7) is 8.57. The Balaban J connectivity index is 3.52. The van der Waals surface area contributed by atoms with Gasteiger partial charge in [0.25, 0.3) is 0 Å². The first-order valence-electron chi connectivity index (χ1n) is 4.25. The molecule has 0 aliphatic rings. The van der Waals surface area contributed by atoms with Gasteiger partial charge in [-0.05, 0) is 6.42 Å². The smallest absolute Gasteiger partial charge is 0.146 e. The zero-order valence-electron chi connectivity index (χ0n) is 8.20. The van der Waals surface area contributed by atoms with Gasteiger partial charge in [-0.3, -0.25) is 0 Å². The first-order chi connectivity index (χ1) is 6.35. The van der Waals surface area contributed by atoms with Crippen LogP contribution < -0.4 is 0 Å². The van der Waals surface area contributed by atoms with Crippen molar-refractivity contribution in [2.75, 3.05) is 27.1 Å². The summed E-state index contributed by atoms with van der Waals surface area (Å²) in [7, 11) is 1.59. The maximum Gasteiger partial charge on any atom is 0.146 e. The van der Waals surface area contributed by atoms with Crippen molar-refractivity contribution < 1.29 is 14.2 Å². The van der Waals surface area contributed by atoms with Crippen LogP contribution in [0, 0.1) is 0 Å². The molecule has 0 aromatic heterocycles. The molecular weight excluding hydrogens is 168 g/mol. The van der Waals surface area contributed by atoms with E-state index >= 15 is 0 Å². The van der Waals surface area contributed by atoms with Crippen molar-refractivity contribution in [2.24, 2.45) is 0 Å². The Morgan fingerprint density at radius 3 is 2.62 bits per heavy atom. The van der Waals surface area contributed by atoms with Gasteiger partial charge in [0.2, 0.25) is 0 Å². The zero-order chi connectivity index (χ0) is 9.94. The van der Waals surface area contributed by atoms with E-state index in [4.69, 9.17) is 14.2 Å². The second kappa shape index (κ2) is 9.45. The minimum absolute atomic E-state index is 0.0469. The van der Waals surface area contributed by atoms with Gasteiger partial charge in [-0.2, -0.15) is 0 Å². The Labute approximate surface area is 80.0 Å². The molecule has 0 N–H and O–H groups in total. The molecule has 0 spiro atoms. The van der Waals surface area contributed by atoms with Gasteiger partial charge in [-0.25, -0.2) is 0 Å². The molecule has 0 radical (unpaired) electrons. The minimum Gasteiger partial charge on any atom is -0.371 e. The molecule has 76 valence electrons. The molecule has 0 saturated heterocycles. The van der Waals surface area contributed by atoms with E-state index in [-0.39, 0.29) is 6.10 Å². The lowest BCUT2D eigenvalue weighted by atomic mass is 10.2. The Hall–Kier alpha value is -0.640. The highest BCUT2D eigenvalue weighted by atomic mass is 16.7. The average Bonchev–Trinajstić information content (AvgIpc) is 2.14. The topological polar surface area (TPSA) is 27.7 Å². The van der Waals surface area contributed by atoms with Crippen LogP contribution in [-0.4, -0.2) is 33.2 Å². The molecule has 0 fully saturated rings. The van der Waals surface area contributed by atoms with Gasteiger partial charge in [0.05, 0.1) is 19.3 Å². The molecule has 0 heterocycles. The number of methoxy groups -OCH3 is 1. The van der Waals surface area contributed by atoms with Crippen LogP contribution >= 0.6 is 0 Å². The molecule has 0 rings (SSSR count). The van der Waals surface area contributed by atoms with Gasteiger partial charge >= 0.3 is 0 Å². The van der Waals surface area contributed by atoms with Gasteiger partial charge < -0.3 is 14.2 Å². The van der Waals surface area contributed by atoms with Gasteiger partial charge in [0.1, 0.15) is 6.79 Å². The maximum absolute atomic E-state index is 5.41. The summed E-state index contributed by atoms with van der Waals surface area (Å²) in [5.74, 6) is 0. The second-order valence-electron chi connectivity index (χ2n) is 2.55. The van der Waals surface area contributed by atoms with E-state index in [2.05, 4.69) is 13.2 Å². The van der Waals surface area contributed by atoms with E-state index in [0.29, 0.717) is 20.0 Å². The molecule has 3 heteroatoms. The van der Waals surface area contributed by atoms with E-state index in [1.54, 1.807) is 13.2 Å². The average molecular weight is 186 g/mol. The predicted molar refractivity (Wildman–Crippen MR) is 52.6 cm³/mol. The molecular formula is C10H18O3. The van der Waals surface area contributed by atoms with Crippen LogP contribution in [0.25, 0.3) is 0 Å². The van der Waals surface area contributed by atoms with Crippen molar-refractivity contribution in [1.29, 1.82) is 0 Å². The third-order valence-electron chi connectivity index (χ3n) is 1.38. The van der Waals surface area contributed by atoms with Crippen molar-refractivity contribution in [3.63, 3.8) is 0 Å². The first-order valence-corrected chi connectivity index (χ1v) is 4.25. The van der Waals surface area contributed by atoms with Crippen molar-refractivity contribution in [3.05, 3.63) is 25.3 Å². The van der Waals surface area contributed by atoms with Crippen molar-refractivity contribution >= 4 is 0 Å². The largest absolute Gasteiger partial charge is 0.371 e. The lowest BCUT2D eigenvalue weighted by Crippen LogP contribution is -2.20. The van der Waals surface area contributed by atoms with Gasteiger partial charge in [-0.1, -0.05) is 12.2 Å². The fourth-order valence-electron chi connectivity index (χ4n) is 0.837. The molecule has 0 aliphatic carbocycles. The highest BCUT2D eigenvalue weighted by Crippen LogP contribution is 2.00. The van der Waals surface area contributed by atoms with Crippen LogP contribution in [0.15, 0.2) is 25.3 Å². The summed E-state index contributed by atoms with van der Waals surface area (Å²) in [4.78, 5) is 0. The second-order valence-corrected chi connectivity index (χ2v) is 2.55. The summed E-state index contributed by atoms with van der Waals surface area (Å²) >= 11 is 0. The fourth-order valence-corrected chi connectivity index (χ4v) is 0.837. The quantitative estimate of drug-likeness (QED) is 0.312. The highest BCUT2D eigenvalue weighted by Gasteiger charge is 2.05.